The highest BCUT2D eigenvalue weighted by molar-refractivity contribution is 4.63. The van der Waals surface area contributed by atoms with Crippen molar-refractivity contribution in [1.29, 1.82) is 0 Å². The quantitative estimate of drug-likeness (QED) is 0.594. The van der Waals surface area contributed by atoms with Crippen molar-refractivity contribution < 1.29 is 14.2 Å². The van der Waals surface area contributed by atoms with Crippen LogP contribution in [-0.4, -0.2) is 25.8 Å². The Morgan fingerprint density at radius 3 is 2.36 bits per heavy atom. The average Bonchev–Trinajstić information content (AvgIpc) is 2.63. The van der Waals surface area contributed by atoms with E-state index in [1.807, 2.05) is 6.92 Å². The molecule has 1 saturated heterocycles. The molecule has 1 heterocycles. The summed E-state index contributed by atoms with van der Waals surface area (Å²) in [7, 11) is 0. The molecule has 0 aromatic heterocycles. The first-order valence-corrected chi connectivity index (χ1v) is 5.75. The zero-order chi connectivity index (χ0) is 10.3. The van der Waals surface area contributed by atoms with Crippen molar-refractivity contribution in [2.75, 3.05) is 19.8 Å². The predicted molar refractivity (Wildman–Crippen MR) is 55.0 cm³/mol. The van der Waals surface area contributed by atoms with Crippen LogP contribution in [0.5, 0.6) is 0 Å². The molecule has 0 aliphatic carbocycles. The monoisotopic (exact) mass is 202 g/mol. The van der Waals surface area contributed by atoms with Gasteiger partial charge in [0.2, 0.25) is 0 Å². The molecule has 0 atom stereocenters. The lowest BCUT2D eigenvalue weighted by Gasteiger charge is -2.26. The van der Waals surface area contributed by atoms with Crippen LogP contribution in [0.2, 0.25) is 0 Å². The molecule has 0 saturated carbocycles. The van der Waals surface area contributed by atoms with E-state index in [1.54, 1.807) is 0 Å². The molecule has 0 aromatic rings. The van der Waals surface area contributed by atoms with E-state index in [0.717, 1.165) is 12.8 Å². The maximum Gasteiger partial charge on any atom is 0.283 e. The van der Waals surface area contributed by atoms with Gasteiger partial charge in [-0.15, -0.1) is 0 Å². The van der Waals surface area contributed by atoms with Crippen molar-refractivity contribution >= 4 is 0 Å². The molecule has 1 fully saturated rings. The largest absolute Gasteiger partial charge is 0.328 e. The molecule has 0 aromatic carbocycles. The lowest BCUT2D eigenvalue weighted by atomic mass is 10.1. The van der Waals surface area contributed by atoms with E-state index in [2.05, 4.69) is 6.92 Å². The molecular formula is C11H22O3. The molecule has 1 aliphatic heterocycles. The summed E-state index contributed by atoms with van der Waals surface area (Å²) < 4.78 is 16.6. The summed E-state index contributed by atoms with van der Waals surface area (Å²) in [5.41, 5.74) is 0. The highest BCUT2D eigenvalue weighted by Gasteiger charge is 2.36. The summed E-state index contributed by atoms with van der Waals surface area (Å²) in [5, 5.41) is 0. The van der Waals surface area contributed by atoms with Crippen LogP contribution in [0.25, 0.3) is 0 Å². The van der Waals surface area contributed by atoms with Crippen LogP contribution in [0, 0.1) is 0 Å². The zero-order valence-corrected chi connectivity index (χ0v) is 9.38. The third-order valence-corrected chi connectivity index (χ3v) is 2.43. The van der Waals surface area contributed by atoms with Crippen molar-refractivity contribution in [3.05, 3.63) is 0 Å². The van der Waals surface area contributed by atoms with E-state index in [0.29, 0.717) is 19.8 Å². The molecule has 0 unspecified atom stereocenters. The summed E-state index contributed by atoms with van der Waals surface area (Å²) in [5.74, 6) is -0.706. The minimum Gasteiger partial charge on any atom is -0.328 e. The SMILES string of the molecule is CCCCCCC1(OCC)OCCO1. The van der Waals surface area contributed by atoms with E-state index in [1.165, 1.54) is 19.3 Å². The van der Waals surface area contributed by atoms with Gasteiger partial charge in [0.25, 0.3) is 5.97 Å². The Balaban J connectivity index is 2.21. The van der Waals surface area contributed by atoms with Crippen molar-refractivity contribution in [3.63, 3.8) is 0 Å². The maximum absolute atomic E-state index is 5.53. The molecule has 14 heavy (non-hydrogen) atoms. The smallest absolute Gasteiger partial charge is 0.283 e. The van der Waals surface area contributed by atoms with Crippen LogP contribution < -0.4 is 0 Å². The zero-order valence-electron chi connectivity index (χ0n) is 9.38. The van der Waals surface area contributed by atoms with Crippen LogP contribution in [-0.2, 0) is 14.2 Å². The second kappa shape index (κ2) is 6.38. The Labute approximate surface area is 86.7 Å². The number of rotatable bonds is 7. The molecule has 84 valence electrons. The Morgan fingerprint density at radius 1 is 1.07 bits per heavy atom. The third kappa shape index (κ3) is 3.56. The standard InChI is InChI=1S/C11H22O3/c1-3-5-6-7-8-11(12-4-2)13-9-10-14-11/h3-10H2,1-2H3. The molecule has 0 spiro atoms. The van der Waals surface area contributed by atoms with Gasteiger partial charge >= 0.3 is 0 Å². The first-order valence-electron chi connectivity index (χ1n) is 5.75. The van der Waals surface area contributed by atoms with Gasteiger partial charge in [0.15, 0.2) is 0 Å². The second-order valence-corrected chi connectivity index (χ2v) is 3.62. The molecule has 0 N–H and O–H groups in total. The molecule has 0 bridgehead atoms. The number of unbranched alkanes of at least 4 members (excludes halogenated alkanes) is 3. The second-order valence-electron chi connectivity index (χ2n) is 3.62. The predicted octanol–water partition coefficient (Wildman–Crippen LogP) is 2.69. The van der Waals surface area contributed by atoms with Crippen molar-refractivity contribution in [3.8, 4) is 0 Å². The van der Waals surface area contributed by atoms with Gasteiger partial charge in [0.05, 0.1) is 13.2 Å². The van der Waals surface area contributed by atoms with Crippen LogP contribution in [0.3, 0.4) is 0 Å². The van der Waals surface area contributed by atoms with Gasteiger partial charge in [-0.3, -0.25) is 0 Å². The van der Waals surface area contributed by atoms with Crippen LogP contribution in [0.1, 0.15) is 46.0 Å². The summed E-state index contributed by atoms with van der Waals surface area (Å²) >= 11 is 0. The van der Waals surface area contributed by atoms with Gasteiger partial charge in [-0.1, -0.05) is 26.2 Å². The molecule has 3 nitrogen and oxygen atoms in total. The van der Waals surface area contributed by atoms with Crippen LogP contribution in [0.4, 0.5) is 0 Å². The highest BCUT2D eigenvalue weighted by atomic mass is 16.9. The minimum absolute atomic E-state index is 0.647. The highest BCUT2D eigenvalue weighted by Crippen LogP contribution is 2.27. The van der Waals surface area contributed by atoms with Crippen LogP contribution >= 0.6 is 0 Å². The summed E-state index contributed by atoms with van der Waals surface area (Å²) in [6.07, 6.45) is 5.75. The van der Waals surface area contributed by atoms with Gasteiger partial charge in [-0.2, -0.15) is 0 Å². The van der Waals surface area contributed by atoms with E-state index in [4.69, 9.17) is 14.2 Å². The fraction of sp³-hybridized carbons (Fsp3) is 1.00. The summed E-state index contributed by atoms with van der Waals surface area (Å²) in [6.45, 7) is 6.15. The first-order chi connectivity index (χ1) is 6.83. The molecule has 0 radical (unpaired) electrons. The average molecular weight is 202 g/mol. The normalized spacial score (nSPS) is 20.1. The van der Waals surface area contributed by atoms with Gasteiger partial charge < -0.3 is 14.2 Å². The van der Waals surface area contributed by atoms with Gasteiger partial charge in [-0.25, -0.2) is 0 Å². The van der Waals surface area contributed by atoms with Gasteiger partial charge in [0.1, 0.15) is 0 Å². The Morgan fingerprint density at radius 2 is 1.79 bits per heavy atom. The Hall–Kier alpha value is -0.120. The number of hydrogen-bond acceptors (Lipinski definition) is 3. The third-order valence-electron chi connectivity index (χ3n) is 2.43. The summed E-state index contributed by atoms with van der Waals surface area (Å²) in [6, 6.07) is 0. The van der Waals surface area contributed by atoms with Crippen molar-refractivity contribution in [2.24, 2.45) is 0 Å². The molecule has 1 aliphatic rings. The van der Waals surface area contributed by atoms with E-state index in [9.17, 15) is 0 Å². The van der Waals surface area contributed by atoms with Crippen molar-refractivity contribution in [2.45, 2.75) is 51.9 Å². The van der Waals surface area contributed by atoms with Gasteiger partial charge in [0, 0.05) is 13.0 Å². The van der Waals surface area contributed by atoms with E-state index < -0.39 is 5.97 Å². The minimum atomic E-state index is -0.706. The topological polar surface area (TPSA) is 27.7 Å². The summed E-state index contributed by atoms with van der Waals surface area (Å²) in [4.78, 5) is 0. The molecular weight excluding hydrogens is 180 g/mol. The Kier molecular flexibility index (Phi) is 5.45. The first kappa shape index (κ1) is 12.0. The maximum atomic E-state index is 5.53. The van der Waals surface area contributed by atoms with Gasteiger partial charge in [-0.05, 0) is 13.3 Å². The lowest BCUT2D eigenvalue weighted by molar-refractivity contribution is -0.333. The number of ether oxygens (including phenoxy) is 3. The van der Waals surface area contributed by atoms with E-state index in [-0.39, 0.29) is 0 Å². The van der Waals surface area contributed by atoms with E-state index >= 15 is 0 Å². The van der Waals surface area contributed by atoms with Crippen molar-refractivity contribution in [1.82, 2.24) is 0 Å². The fourth-order valence-corrected chi connectivity index (χ4v) is 1.72. The fourth-order valence-electron chi connectivity index (χ4n) is 1.72. The van der Waals surface area contributed by atoms with Crippen LogP contribution in [0.15, 0.2) is 0 Å². The number of hydrogen-bond donors (Lipinski definition) is 0. The molecule has 3 heteroatoms. The lowest BCUT2D eigenvalue weighted by Crippen LogP contribution is -2.33. The Bertz CT molecular complexity index is 141. The molecule has 0 amide bonds. The molecule has 1 rings (SSSR count).